The number of rotatable bonds is 8. The molecule has 0 radical (unpaired) electrons. The normalized spacial score (nSPS) is 11.4. The average Bonchev–Trinajstić information content (AvgIpc) is 2.33. The number of anilines is 1. The van der Waals surface area contributed by atoms with E-state index in [1.807, 2.05) is 0 Å². The van der Waals surface area contributed by atoms with Gasteiger partial charge in [-0.25, -0.2) is 13.1 Å². The minimum absolute atomic E-state index is 0.239. The molecule has 0 spiro atoms. The van der Waals surface area contributed by atoms with Gasteiger partial charge in [-0.05, 0) is 37.1 Å². The lowest BCUT2D eigenvalue weighted by Gasteiger charge is -2.10. The number of nitrogens with one attached hydrogen (secondary N) is 1. The first-order valence-corrected chi connectivity index (χ1v) is 7.50. The maximum atomic E-state index is 12.0. The molecule has 0 saturated heterocycles. The van der Waals surface area contributed by atoms with Crippen LogP contribution in [0.1, 0.15) is 12.0 Å². The maximum absolute atomic E-state index is 12.0. The van der Waals surface area contributed by atoms with Gasteiger partial charge in [0, 0.05) is 12.2 Å². The molecule has 1 aromatic rings. The minimum Gasteiger partial charge on any atom is -0.399 e. The molecular weight excluding hydrogens is 264 g/mol. The molecule has 0 amide bonds. The van der Waals surface area contributed by atoms with Crippen LogP contribution in [0, 0.1) is 6.92 Å². The highest BCUT2D eigenvalue weighted by atomic mass is 32.2. The highest BCUT2D eigenvalue weighted by Gasteiger charge is 2.15. The van der Waals surface area contributed by atoms with Crippen molar-refractivity contribution in [1.82, 2.24) is 4.72 Å². The molecule has 0 aliphatic heterocycles. The summed E-state index contributed by atoms with van der Waals surface area (Å²) in [5, 5.41) is 0. The summed E-state index contributed by atoms with van der Waals surface area (Å²) in [6.07, 6.45) is 2.51. The van der Waals surface area contributed by atoms with E-state index in [1.54, 1.807) is 25.1 Å². The van der Waals surface area contributed by atoms with Gasteiger partial charge >= 0.3 is 0 Å². The minimum atomic E-state index is -3.51. The molecule has 5 nitrogen and oxygen atoms in total. The Balaban J connectivity index is 2.54. The molecule has 19 heavy (non-hydrogen) atoms. The first-order valence-electron chi connectivity index (χ1n) is 6.02. The molecule has 3 N–H and O–H groups in total. The predicted molar refractivity (Wildman–Crippen MR) is 76.4 cm³/mol. The van der Waals surface area contributed by atoms with E-state index in [2.05, 4.69) is 11.3 Å². The first kappa shape index (κ1) is 15.7. The van der Waals surface area contributed by atoms with E-state index in [4.69, 9.17) is 10.5 Å². The highest BCUT2D eigenvalue weighted by Crippen LogP contribution is 2.17. The molecule has 1 rings (SSSR count). The van der Waals surface area contributed by atoms with Crippen molar-refractivity contribution >= 4 is 15.7 Å². The number of hydrogen-bond acceptors (Lipinski definition) is 4. The molecule has 0 aliphatic rings. The van der Waals surface area contributed by atoms with Gasteiger partial charge in [-0.15, -0.1) is 6.58 Å². The summed E-state index contributed by atoms with van der Waals surface area (Å²) in [4.78, 5) is 0.243. The molecule has 0 aliphatic carbocycles. The Bertz CT molecular complexity index is 527. The summed E-state index contributed by atoms with van der Waals surface area (Å²) in [5.41, 5.74) is 6.77. The summed E-state index contributed by atoms with van der Waals surface area (Å²) in [5.74, 6) is 0. The average molecular weight is 284 g/mol. The number of aryl methyl sites for hydroxylation is 1. The van der Waals surface area contributed by atoms with Crippen LogP contribution in [0.5, 0.6) is 0 Å². The molecule has 0 saturated carbocycles. The van der Waals surface area contributed by atoms with Crippen LogP contribution in [-0.4, -0.2) is 28.2 Å². The van der Waals surface area contributed by atoms with Gasteiger partial charge in [-0.1, -0.05) is 6.08 Å². The zero-order valence-corrected chi connectivity index (χ0v) is 11.9. The maximum Gasteiger partial charge on any atom is 0.240 e. The van der Waals surface area contributed by atoms with Crippen LogP contribution in [-0.2, 0) is 14.8 Å². The van der Waals surface area contributed by atoms with Gasteiger partial charge in [0.25, 0.3) is 0 Å². The van der Waals surface area contributed by atoms with Gasteiger partial charge in [-0.2, -0.15) is 0 Å². The SMILES string of the molecule is C=CCCOCCNS(=O)(=O)c1ccc(N)cc1C. The predicted octanol–water partition coefficient (Wildman–Crippen LogP) is 1.45. The standard InChI is InChI=1S/C13H20N2O3S/c1-3-4-8-18-9-7-15-19(16,17)13-6-5-12(14)10-11(13)2/h3,5-6,10,15H,1,4,7-9,14H2,2H3. The monoisotopic (exact) mass is 284 g/mol. The number of ether oxygens (including phenoxy) is 1. The fraction of sp³-hybridized carbons (Fsp3) is 0.385. The van der Waals surface area contributed by atoms with Crippen LogP contribution >= 0.6 is 0 Å². The molecule has 1 aromatic carbocycles. The lowest BCUT2D eigenvalue weighted by Crippen LogP contribution is -2.28. The number of hydrogen-bond donors (Lipinski definition) is 2. The number of sulfonamides is 1. The van der Waals surface area contributed by atoms with Crippen LogP contribution in [0.4, 0.5) is 5.69 Å². The summed E-state index contributed by atoms with van der Waals surface area (Å²) in [7, 11) is -3.51. The van der Waals surface area contributed by atoms with Gasteiger partial charge in [-0.3, -0.25) is 0 Å². The Kier molecular flexibility index (Phi) is 6.01. The molecule has 0 atom stereocenters. The van der Waals surface area contributed by atoms with Crippen molar-refractivity contribution in [2.45, 2.75) is 18.2 Å². The zero-order valence-electron chi connectivity index (χ0n) is 11.1. The molecule has 6 heteroatoms. The van der Waals surface area contributed by atoms with E-state index in [1.165, 1.54) is 6.07 Å². The Morgan fingerprint density at radius 2 is 2.16 bits per heavy atom. The molecule has 106 valence electrons. The Morgan fingerprint density at radius 3 is 2.79 bits per heavy atom. The summed E-state index contributed by atoms with van der Waals surface area (Å²) >= 11 is 0. The van der Waals surface area contributed by atoms with E-state index in [9.17, 15) is 8.42 Å². The van der Waals surface area contributed by atoms with E-state index in [0.717, 1.165) is 6.42 Å². The van der Waals surface area contributed by atoms with Gasteiger partial charge in [0.1, 0.15) is 0 Å². The summed E-state index contributed by atoms with van der Waals surface area (Å²) in [6.45, 7) is 6.41. The fourth-order valence-corrected chi connectivity index (χ4v) is 2.81. The zero-order chi connectivity index (χ0) is 14.3. The van der Waals surface area contributed by atoms with Crippen molar-refractivity contribution in [1.29, 1.82) is 0 Å². The third-order valence-electron chi connectivity index (χ3n) is 2.49. The van der Waals surface area contributed by atoms with Crippen LogP contribution in [0.3, 0.4) is 0 Å². The van der Waals surface area contributed by atoms with E-state index in [-0.39, 0.29) is 11.4 Å². The molecular formula is C13H20N2O3S. The highest BCUT2D eigenvalue weighted by molar-refractivity contribution is 7.89. The Hall–Kier alpha value is -1.37. The van der Waals surface area contributed by atoms with Crippen LogP contribution in [0.2, 0.25) is 0 Å². The molecule has 0 heterocycles. The van der Waals surface area contributed by atoms with Gasteiger partial charge in [0.2, 0.25) is 10.0 Å². The van der Waals surface area contributed by atoms with Crippen molar-refractivity contribution in [3.05, 3.63) is 36.4 Å². The molecule has 0 bridgehead atoms. The third kappa shape index (κ3) is 5.02. The van der Waals surface area contributed by atoms with Gasteiger partial charge < -0.3 is 10.5 Å². The molecule has 0 aromatic heterocycles. The summed E-state index contributed by atoms with van der Waals surface area (Å²) < 4.78 is 31.8. The van der Waals surface area contributed by atoms with Crippen molar-refractivity contribution in [3.63, 3.8) is 0 Å². The second-order valence-corrected chi connectivity index (χ2v) is 5.85. The van der Waals surface area contributed by atoms with E-state index in [0.29, 0.717) is 24.5 Å². The number of benzene rings is 1. The number of nitrogen functional groups attached to an aromatic ring is 1. The second-order valence-electron chi connectivity index (χ2n) is 4.11. The third-order valence-corrected chi connectivity index (χ3v) is 4.11. The molecule has 0 fully saturated rings. The second kappa shape index (κ2) is 7.28. The van der Waals surface area contributed by atoms with Crippen LogP contribution < -0.4 is 10.5 Å². The smallest absolute Gasteiger partial charge is 0.240 e. The quantitative estimate of drug-likeness (QED) is 0.430. The lowest BCUT2D eigenvalue weighted by atomic mass is 10.2. The van der Waals surface area contributed by atoms with Gasteiger partial charge in [0.15, 0.2) is 0 Å². The van der Waals surface area contributed by atoms with Crippen LogP contribution in [0.25, 0.3) is 0 Å². The number of nitrogens with two attached hydrogens (primary N) is 1. The largest absolute Gasteiger partial charge is 0.399 e. The van der Waals surface area contributed by atoms with Crippen molar-refractivity contribution in [3.8, 4) is 0 Å². The first-order chi connectivity index (χ1) is 8.97. The van der Waals surface area contributed by atoms with Crippen molar-refractivity contribution < 1.29 is 13.2 Å². The van der Waals surface area contributed by atoms with Gasteiger partial charge in [0.05, 0.1) is 18.1 Å². The van der Waals surface area contributed by atoms with E-state index < -0.39 is 10.0 Å². The van der Waals surface area contributed by atoms with Crippen molar-refractivity contribution in [2.24, 2.45) is 0 Å². The van der Waals surface area contributed by atoms with Crippen molar-refractivity contribution in [2.75, 3.05) is 25.5 Å². The Labute approximate surface area is 114 Å². The van der Waals surface area contributed by atoms with Crippen LogP contribution in [0.15, 0.2) is 35.7 Å². The topological polar surface area (TPSA) is 81.4 Å². The summed E-state index contributed by atoms with van der Waals surface area (Å²) in [6, 6.07) is 4.71. The lowest BCUT2D eigenvalue weighted by molar-refractivity contribution is 0.144. The molecule has 0 unspecified atom stereocenters. The van der Waals surface area contributed by atoms with E-state index >= 15 is 0 Å². The fourth-order valence-electron chi connectivity index (χ4n) is 1.57. The Morgan fingerprint density at radius 1 is 1.42 bits per heavy atom.